The van der Waals surface area contributed by atoms with Crippen molar-refractivity contribution in [3.8, 4) is 0 Å². The van der Waals surface area contributed by atoms with E-state index in [-0.39, 0.29) is 35.0 Å². The lowest BCUT2D eigenvalue weighted by Gasteiger charge is -2.52. The molecule has 30 heavy (non-hydrogen) atoms. The lowest BCUT2D eigenvalue weighted by molar-refractivity contribution is -0.147. The highest BCUT2D eigenvalue weighted by atomic mass is 16.6. The smallest absolute Gasteiger partial charge is 0.342 e. The van der Waals surface area contributed by atoms with E-state index in [0.717, 1.165) is 24.8 Å². The maximum Gasteiger partial charge on any atom is 0.342 e. The number of ether oxygens (including phenoxy) is 3. The molecule has 5 rings (SSSR count). The molecule has 0 unspecified atom stereocenters. The average molecular weight is 414 g/mol. The Balaban J connectivity index is 1.81. The van der Waals surface area contributed by atoms with Crippen LogP contribution in [0.3, 0.4) is 0 Å². The molecule has 1 aliphatic heterocycles. The number of allylic oxidation sites excluding steroid dienone is 1. The van der Waals surface area contributed by atoms with Crippen molar-refractivity contribution in [3.05, 3.63) is 34.3 Å². The third-order valence-corrected chi connectivity index (χ3v) is 7.75. The molecule has 7 heteroatoms. The first kappa shape index (κ1) is 19.5. The van der Waals surface area contributed by atoms with Crippen LogP contribution >= 0.6 is 0 Å². The van der Waals surface area contributed by atoms with Gasteiger partial charge < -0.3 is 18.6 Å². The Labute approximate surface area is 174 Å². The summed E-state index contributed by atoms with van der Waals surface area (Å²) in [5, 5.41) is 0. The molecule has 1 saturated carbocycles. The number of methoxy groups -OCH3 is 1. The van der Waals surface area contributed by atoms with E-state index in [0.29, 0.717) is 17.6 Å². The van der Waals surface area contributed by atoms with Gasteiger partial charge in [0.15, 0.2) is 5.76 Å². The molecule has 160 valence electrons. The molecular weight excluding hydrogens is 388 g/mol. The number of carbonyl (C=O) groups excluding carboxylic acids is 3. The molecule has 5 atom stereocenters. The normalized spacial score (nSPS) is 36.7. The number of hydrogen-bond acceptors (Lipinski definition) is 7. The van der Waals surface area contributed by atoms with Crippen LogP contribution in [-0.2, 0) is 24.4 Å². The summed E-state index contributed by atoms with van der Waals surface area (Å²) in [6.45, 7) is 5.68. The number of furan rings is 1. The van der Waals surface area contributed by atoms with Crippen molar-refractivity contribution >= 4 is 17.7 Å². The van der Waals surface area contributed by atoms with Crippen molar-refractivity contribution in [2.75, 3.05) is 13.7 Å². The highest BCUT2D eigenvalue weighted by Gasteiger charge is 2.62. The summed E-state index contributed by atoms with van der Waals surface area (Å²) in [6, 6.07) is 0. The summed E-state index contributed by atoms with van der Waals surface area (Å²) in [4.78, 5) is 38.4. The van der Waals surface area contributed by atoms with Gasteiger partial charge in [0.05, 0.1) is 12.0 Å². The first-order chi connectivity index (χ1) is 14.2. The Morgan fingerprint density at radius 1 is 1.30 bits per heavy atom. The average Bonchev–Trinajstić information content (AvgIpc) is 3.28. The Bertz CT molecular complexity index is 1000. The van der Waals surface area contributed by atoms with Gasteiger partial charge in [0.1, 0.15) is 24.0 Å². The monoisotopic (exact) mass is 414 g/mol. The fourth-order valence-corrected chi connectivity index (χ4v) is 6.50. The Morgan fingerprint density at radius 2 is 2.07 bits per heavy atom. The number of fused-ring (bicyclic) bond motifs is 3. The van der Waals surface area contributed by atoms with Gasteiger partial charge in [-0.3, -0.25) is 9.59 Å². The number of carbonyl (C=O) groups is 3. The van der Waals surface area contributed by atoms with Crippen LogP contribution < -0.4 is 0 Å². The predicted molar refractivity (Wildman–Crippen MR) is 104 cm³/mol. The van der Waals surface area contributed by atoms with Crippen molar-refractivity contribution in [1.29, 1.82) is 0 Å². The second-order valence-electron chi connectivity index (χ2n) is 9.46. The second-order valence-corrected chi connectivity index (χ2v) is 9.46. The summed E-state index contributed by atoms with van der Waals surface area (Å²) in [7, 11) is 1.55. The third kappa shape index (κ3) is 2.32. The van der Waals surface area contributed by atoms with Gasteiger partial charge in [-0.2, -0.15) is 0 Å². The minimum atomic E-state index is -0.866. The fourth-order valence-electron chi connectivity index (χ4n) is 6.50. The molecule has 0 amide bonds. The minimum absolute atomic E-state index is 0.0613. The van der Waals surface area contributed by atoms with Crippen molar-refractivity contribution in [2.45, 2.75) is 64.1 Å². The number of hydrogen-bond donors (Lipinski definition) is 0. The molecule has 0 bridgehead atoms. The van der Waals surface area contributed by atoms with Crippen LogP contribution in [-0.4, -0.2) is 43.6 Å². The molecule has 0 N–H and O–H groups in total. The molecule has 0 radical (unpaired) electrons. The standard InChI is InChI=1S/C23H26O7/c1-11(24)29-14-8-22(2)7-5-6-13(22)16-18(14)23(3)15(10-27-4)30-21(26)12-9-28-20(17(12)23)19(16)25/h9,13-15H,5-8,10H2,1-4H3/t13-,14+,15+,22-,23-/m0/s1. The first-order valence-electron chi connectivity index (χ1n) is 10.5. The van der Waals surface area contributed by atoms with Gasteiger partial charge in [-0.1, -0.05) is 13.3 Å². The van der Waals surface area contributed by atoms with E-state index in [1.807, 2.05) is 6.92 Å². The number of cyclic esters (lactones) is 1. The number of Topliss-reactive ketones (excluding diaryl/α,β-unsaturated/α-hetero) is 1. The largest absolute Gasteiger partial charge is 0.460 e. The maximum atomic E-state index is 13.7. The summed E-state index contributed by atoms with van der Waals surface area (Å²) >= 11 is 0. The SMILES string of the molecule is COC[C@H]1OC(=O)c2coc3c2[C@@]1(C)C1=C(C3=O)[C@@H]2CCC[C@@]2(C)C[C@H]1OC(C)=O. The zero-order chi connectivity index (χ0) is 21.4. The van der Waals surface area contributed by atoms with E-state index < -0.39 is 29.6 Å². The Hall–Kier alpha value is -2.41. The zero-order valence-electron chi connectivity index (χ0n) is 17.7. The summed E-state index contributed by atoms with van der Waals surface area (Å²) < 4.78 is 22.7. The van der Waals surface area contributed by atoms with Crippen LogP contribution in [0, 0.1) is 11.3 Å². The van der Waals surface area contributed by atoms with Crippen LogP contribution in [0.2, 0.25) is 0 Å². The lowest BCUT2D eigenvalue weighted by atomic mass is 9.54. The first-order valence-corrected chi connectivity index (χ1v) is 10.5. The molecule has 0 aromatic carbocycles. The van der Waals surface area contributed by atoms with Gasteiger partial charge in [0.2, 0.25) is 5.78 Å². The number of ketones is 1. The molecule has 4 aliphatic rings. The van der Waals surface area contributed by atoms with E-state index in [9.17, 15) is 14.4 Å². The Morgan fingerprint density at radius 3 is 2.77 bits per heavy atom. The molecule has 1 fully saturated rings. The minimum Gasteiger partial charge on any atom is -0.460 e. The predicted octanol–water partition coefficient (Wildman–Crippen LogP) is 3.36. The molecule has 0 spiro atoms. The third-order valence-electron chi connectivity index (χ3n) is 7.75. The van der Waals surface area contributed by atoms with E-state index in [1.165, 1.54) is 13.2 Å². The van der Waals surface area contributed by atoms with Gasteiger partial charge >= 0.3 is 11.9 Å². The van der Waals surface area contributed by atoms with Gasteiger partial charge in [-0.25, -0.2) is 4.79 Å². The lowest BCUT2D eigenvalue weighted by Crippen LogP contribution is -2.56. The summed E-state index contributed by atoms with van der Waals surface area (Å²) in [5.41, 5.74) is 1.26. The van der Waals surface area contributed by atoms with Crippen LogP contribution in [0.25, 0.3) is 0 Å². The van der Waals surface area contributed by atoms with E-state index >= 15 is 0 Å². The quantitative estimate of drug-likeness (QED) is 0.700. The van der Waals surface area contributed by atoms with Crippen molar-refractivity contribution in [1.82, 2.24) is 0 Å². The van der Waals surface area contributed by atoms with Gasteiger partial charge in [0.25, 0.3) is 0 Å². The van der Waals surface area contributed by atoms with Crippen LogP contribution in [0.5, 0.6) is 0 Å². The molecule has 2 heterocycles. The summed E-state index contributed by atoms with van der Waals surface area (Å²) in [5.74, 6) is -0.836. The maximum absolute atomic E-state index is 13.7. The molecule has 3 aliphatic carbocycles. The zero-order valence-corrected chi connectivity index (χ0v) is 17.7. The molecule has 0 saturated heterocycles. The van der Waals surface area contributed by atoms with Crippen molar-refractivity contribution < 1.29 is 33.0 Å². The molecular formula is C23H26O7. The van der Waals surface area contributed by atoms with Gasteiger partial charge in [-0.05, 0) is 43.1 Å². The second kappa shape index (κ2) is 6.30. The number of rotatable bonds is 3. The molecule has 1 aromatic rings. The van der Waals surface area contributed by atoms with Gasteiger partial charge in [-0.15, -0.1) is 0 Å². The van der Waals surface area contributed by atoms with Crippen LogP contribution in [0.1, 0.15) is 72.9 Å². The highest BCUT2D eigenvalue weighted by Crippen LogP contribution is 2.62. The van der Waals surface area contributed by atoms with Crippen LogP contribution in [0.4, 0.5) is 0 Å². The number of esters is 2. The molecule has 7 nitrogen and oxygen atoms in total. The van der Waals surface area contributed by atoms with E-state index in [2.05, 4.69) is 6.92 Å². The van der Waals surface area contributed by atoms with Crippen molar-refractivity contribution in [3.63, 3.8) is 0 Å². The van der Waals surface area contributed by atoms with E-state index in [4.69, 9.17) is 18.6 Å². The van der Waals surface area contributed by atoms with Crippen LogP contribution in [0.15, 0.2) is 21.8 Å². The van der Waals surface area contributed by atoms with E-state index in [1.54, 1.807) is 7.11 Å². The Kier molecular flexibility index (Phi) is 4.10. The highest BCUT2D eigenvalue weighted by molar-refractivity contribution is 6.13. The van der Waals surface area contributed by atoms with Gasteiger partial charge in [0, 0.05) is 25.2 Å². The van der Waals surface area contributed by atoms with Crippen molar-refractivity contribution in [2.24, 2.45) is 11.3 Å². The fraction of sp³-hybridized carbons (Fsp3) is 0.609. The molecule has 1 aromatic heterocycles. The topological polar surface area (TPSA) is 92.0 Å². The summed E-state index contributed by atoms with van der Waals surface area (Å²) in [6.07, 6.45) is 3.65.